The van der Waals surface area contributed by atoms with Crippen LogP contribution in [0.5, 0.6) is 0 Å². The standard InChI is InChI=1S/C12H15N3O4/c1-14(8-4-2-3-5-8)11-6-9(12(16)17)10(7-13-11)15(18)19/h6-8H,2-5H2,1H3,(H,16,17). The largest absolute Gasteiger partial charge is 0.477 e. The fourth-order valence-corrected chi connectivity index (χ4v) is 2.43. The number of nitro groups is 1. The number of aromatic nitrogens is 1. The zero-order valence-corrected chi connectivity index (χ0v) is 10.6. The van der Waals surface area contributed by atoms with Crippen molar-refractivity contribution in [3.05, 3.63) is 27.9 Å². The van der Waals surface area contributed by atoms with E-state index < -0.39 is 16.6 Å². The van der Waals surface area contributed by atoms with Crippen LogP contribution in [-0.2, 0) is 0 Å². The fraction of sp³-hybridized carbons (Fsp3) is 0.500. The first-order chi connectivity index (χ1) is 9.00. The fourth-order valence-electron chi connectivity index (χ4n) is 2.43. The van der Waals surface area contributed by atoms with Crippen LogP contribution in [0.15, 0.2) is 12.3 Å². The quantitative estimate of drug-likeness (QED) is 0.661. The highest BCUT2D eigenvalue weighted by Crippen LogP contribution is 2.28. The molecule has 7 nitrogen and oxygen atoms in total. The summed E-state index contributed by atoms with van der Waals surface area (Å²) in [6, 6.07) is 1.61. The number of aromatic carboxylic acids is 1. The summed E-state index contributed by atoms with van der Waals surface area (Å²) in [5.41, 5.74) is -0.795. The number of pyridine rings is 1. The van der Waals surface area contributed by atoms with Gasteiger partial charge in [0.05, 0.1) is 4.92 Å². The Morgan fingerprint density at radius 2 is 2.16 bits per heavy atom. The zero-order valence-electron chi connectivity index (χ0n) is 10.6. The van der Waals surface area contributed by atoms with E-state index in [1.165, 1.54) is 6.07 Å². The van der Waals surface area contributed by atoms with Gasteiger partial charge in [-0.15, -0.1) is 0 Å². The third kappa shape index (κ3) is 2.64. The number of rotatable bonds is 4. The first kappa shape index (κ1) is 13.3. The first-order valence-electron chi connectivity index (χ1n) is 6.11. The van der Waals surface area contributed by atoms with E-state index in [2.05, 4.69) is 4.98 Å². The molecular formula is C12H15N3O4. The average molecular weight is 265 g/mol. The lowest BCUT2D eigenvalue weighted by molar-refractivity contribution is -0.385. The van der Waals surface area contributed by atoms with Gasteiger partial charge in [-0.1, -0.05) is 12.8 Å². The van der Waals surface area contributed by atoms with Gasteiger partial charge in [0.15, 0.2) is 0 Å². The van der Waals surface area contributed by atoms with Gasteiger partial charge < -0.3 is 10.0 Å². The van der Waals surface area contributed by atoms with Crippen molar-refractivity contribution in [3.8, 4) is 0 Å². The summed E-state index contributed by atoms with van der Waals surface area (Å²) in [6.07, 6.45) is 5.39. The molecule has 1 aromatic heterocycles. The van der Waals surface area contributed by atoms with E-state index in [0.717, 1.165) is 31.9 Å². The van der Waals surface area contributed by atoms with Crippen molar-refractivity contribution in [1.82, 2.24) is 4.98 Å². The Hall–Kier alpha value is -2.18. The van der Waals surface area contributed by atoms with Crippen molar-refractivity contribution in [3.63, 3.8) is 0 Å². The van der Waals surface area contributed by atoms with Gasteiger partial charge in [-0.3, -0.25) is 10.1 Å². The minimum atomic E-state index is -1.31. The van der Waals surface area contributed by atoms with E-state index in [-0.39, 0.29) is 5.56 Å². The lowest BCUT2D eigenvalue weighted by atomic mass is 10.2. The van der Waals surface area contributed by atoms with Crippen LogP contribution < -0.4 is 4.90 Å². The van der Waals surface area contributed by atoms with Crippen molar-refractivity contribution in [2.75, 3.05) is 11.9 Å². The van der Waals surface area contributed by atoms with Crippen LogP contribution in [0.25, 0.3) is 0 Å². The van der Waals surface area contributed by atoms with E-state index in [1.807, 2.05) is 11.9 Å². The Morgan fingerprint density at radius 3 is 2.68 bits per heavy atom. The molecule has 1 fully saturated rings. The topological polar surface area (TPSA) is 96.6 Å². The molecule has 0 aromatic carbocycles. The minimum Gasteiger partial charge on any atom is -0.477 e. The van der Waals surface area contributed by atoms with Crippen molar-refractivity contribution in [1.29, 1.82) is 0 Å². The second-order valence-corrected chi connectivity index (χ2v) is 4.67. The zero-order chi connectivity index (χ0) is 14.0. The normalized spacial score (nSPS) is 15.4. The summed E-state index contributed by atoms with van der Waals surface area (Å²) in [6.45, 7) is 0. The average Bonchev–Trinajstić information content (AvgIpc) is 2.90. The monoisotopic (exact) mass is 265 g/mol. The molecule has 1 heterocycles. The van der Waals surface area contributed by atoms with Crippen LogP contribution in [0.3, 0.4) is 0 Å². The summed E-state index contributed by atoms with van der Waals surface area (Å²) in [5.74, 6) is -0.843. The van der Waals surface area contributed by atoms with Crippen LogP contribution in [0.1, 0.15) is 36.0 Å². The lowest BCUT2D eigenvalue weighted by Gasteiger charge is -2.25. The predicted octanol–water partition coefficient (Wildman–Crippen LogP) is 2.07. The van der Waals surface area contributed by atoms with E-state index in [1.54, 1.807) is 0 Å². The Balaban J connectivity index is 2.34. The minimum absolute atomic E-state index is 0.320. The number of carboxylic acid groups (broad SMARTS) is 1. The van der Waals surface area contributed by atoms with Gasteiger partial charge in [-0.05, 0) is 12.8 Å². The van der Waals surface area contributed by atoms with Crippen LogP contribution >= 0.6 is 0 Å². The molecule has 0 bridgehead atoms. The van der Waals surface area contributed by atoms with Gasteiger partial charge in [-0.2, -0.15) is 0 Å². The van der Waals surface area contributed by atoms with Gasteiger partial charge in [0, 0.05) is 19.2 Å². The molecule has 1 N–H and O–H groups in total. The number of hydrogen-bond donors (Lipinski definition) is 1. The summed E-state index contributed by atoms with van der Waals surface area (Å²) in [4.78, 5) is 27.0. The maximum Gasteiger partial charge on any atom is 0.342 e. The maximum atomic E-state index is 11.1. The molecule has 1 aliphatic rings. The van der Waals surface area contributed by atoms with Crippen molar-refractivity contribution < 1.29 is 14.8 Å². The number of carbonyl (C=O) groups is 1. The van der Waals surface area contributed by atoms with Crippen LogP contribution in [0, 0.1) is 10.1 Å². The lowest BCUT2D eigenvalue weighted by Crippen LogP contribution is -2.29. The molecule has 0 amide bonds. The number of carboxylic acids is 1. The van der Waals surface area contributed by atoms with Crippen LogP contribution in [0.4, 0.5) is 11.5 Å². The molecule has 0 radical (unpaired) electrons. The SMILES string of the molecule is CN(c1cc(C(=O)O)c([N+](=O)[O-])cn1)C1CCCC1. The summed E-state index contributed by atoms with van der Waals surface area (Å²) in [5, 5.41) is 19.8. The van der Waals surface area contributed by atoms with Crippen LogP contribution in [-0.4, -0.2) is 34.1 Å². The highest BCUT2D eigenvalue weighted by molar-refractivity contribution is 5.93. The van der Waals surface area contributed by atoms with E-state index >= 15 is 0 Å². The Morgan fingerprint density at radius 1 is 1.53 bits per heavy atom. The molecule has 0 unspecified atom stereocenters. The summed E-state index contributed by atoms with van der Waals surface area (Å²) in [7, 11) is 1.84. The first-order valence-corrected chi connectivity index (χ1v) is 6.11. The molecular weight excluding hydrogens is 250 g/mol. The number of hydrogen-bond acceptors (Lipinski definition) is 5. The number of nitrogens with zero attached hydrogens (tertiary/aromatic N) is 3. The second kappa shape index (κ2) is 5.21. The molecule has 0 atom stereocenters. The van der Waals surface area contributed by atoms with Gasteiger partial charge in [0.25, 0.3) is 0 Å². The van der Waals surface area contributed by atoms with Crippen molar-refractivity contribution in [2.45, 2.75) is 31.7 Å². The molecule has 0 spiro atoms. The van der Waals surface area contributed by atoms with Crippen molar-refractivity contribution >= 4 is 17.5 Å². The third-order valence-electron chi connectivity index (χ3n) is 3.53. The molecule has 0 saturated heterocycles. The van der Waals surface area contributed by atoms with E-state index in [0.29, 0.717) is 11.9 Å². The van der Waals surface area contributed by atoms with Gasteiger partial charge in [0.1, 0.15) is 17.6 Å². The van der Waals surface area contributed by atoms with E-state index in [4.69, 9.17) is 5.11 Å². The van der Waals surface area contributed by atoms with Crippen LogP contribution in [0.2, 0.25) is 0 Å². The Bertz CT molecular complexity index is 512. The van der Waals surface area contributed by atoms with Gasteiger partial charge >= 0.3 is 11.7 Å². The molecule has 0 aliphatic heterocycles. The maximum absolute atomic E-state index is 11.1. The molecule has 102 valence electrons. The predicted molar refractivity (Wildman–Crippen MR) is 68.5 cm³/mol. The highest BCUT2D eigenvalue weighted by atomic mass is 16.6. The van der Waals surface area contributed by atoms with Gasteiger partial charge in [0.2, 0.25) is 0 Å². The number of anilines is 1. The summed E-state index contributed by atoms with van der Waals surface area (Å²) < 4.78 is 0. The third-order valence-corrected chi connectivity index (χ3v) is 3.53. The Kier molecular flexibility index (Phi) is 3.64. The molecule has 1 saturated carbocycles. The smallest absolute Gasteiger partial charge is 0.342 e. The molecule has 1 aliphatic carbocycles. The summed E-state index contributed by atoms with van der Waals surface area (Å²) >= 11 is 0. The highest BCUT2D eigenvalue weighted by Gasteiger charge is 2.25. The second-order valence-electron chi connectivity index (χ2n) is 4.67. The Labute approximate surface area is 110 Å². The van der Waals surface area contributed by atoms with E-state index in [9.17, 15) is 14.9 Å². The molecule has 2 rings (SSSR count). The molecule has 1 aromatic rings. The van der Waals surface area contributed by atoms with Gasteiger partial charge in [-0.25, -0.2) is 9.78 Å². The van der Waals surface area contributed by atoms with Crippen molar-refractivity contribution in [2.24, 2.45) is 0 Å². The molecule has 19 heavy (non-hydrogen) atoms. The molecule has 7 heteroatoms.